The number of nitrogens with zero attached hydrogens (tertiary/aromatic N) is 1. The molecule has 0 heterocycles. The third-order valence-electron chi connectivity index (χ3n) is 4.70. The zero-order valence-electron chi connectivity index (χ0n) is 17.1. The van der Waals surface area contributed by atoms with Gasteiger partial charge in [0.15, 0.2) is 5.78 Å². The molecule has 0 bridgehead atoms. The highest BCUT2D eigenvalue weighted by Gasteiger charge is 2.14. The van der Waals surface area contributed by atoms with Crippen molar-refractivity contribution in [3.05, 3.63) is 101 Å². The number of benzene rings is 3. The molecule has 0 atom stereocenters. The Balaban J connectivity index is 1.54. The minimum Gasteiger partial charge on any atom is -0.426 e. The topological polar surface area (TPSA) is 63.7 Å². The molecular formula is C25H22FNO4. The van der Waals surface area contributed by atoms with Gasteiger partial charge in [0, 0.05) is 31.1 Å². The highest BCUT2D eigenvalue weighted by atomic mass is 19.1. The van der Waals surface area contributed by atoms with Crippen molar-refractivity contribution in [2.24, 2.45) is 0 Å². The van der Waals surface area contributed by atoms with Crippen molar-refractivity contribution in [1.82, 2.24) is 4.90 Å². The molecule has 3 aromatic carbocycles. The van der Waals surface area contributed by atoms with Crippen molar-refractivity contribution in [3.63, 3.8) is 0 Å². The van der Waals surface area contributed by atoms with Crippen LogP contribution in [0.2, 0.25) is 0 Å². The van der Waals surface area contributed by atoms with E-state index in [1.165, 1.54) is 43.3 Å². The molecule has 0 aliphatic carbocycles. The molecule has 3 rings (SSSR count). The number of carbonyl (C=O) groups is 3. The molecule has 0 saturated heterocycles. The van der Waals surface area contributed by atoms with E-state index in [1.807, 2.05) is 30.3 Å². The van der Waals surface area contributed by atoms with E-state index in [1.54, 1.807) is 17.0 Å². The summed E-state index contributed by atoms with van der Waals surface area (Å²) in [6.45, 7) is 2.12. The fourth-order valence-electron chi connectivity index (χ4n) is 3.00. The minimum absolute atomic E-state index is 0.0443. The zero-order valence-corrected chi connectivity index (χ0v) is 17.1. The number of rotatable bonds is 8. The molecule has 158 valence electrons. The maximum absolute atomic E-state index is 13.0. The van der Waals surface area contributed by atoms with Crippen LogP contribution in [0.25, 0.3) is 0 Å². The summed E-state index contributed by atoms with van der Waals surface area (Å²) < 4.78 is 18.3. The Kier molecular flexibility index (Phi) is 7.27. The van der Waals surface area contributed by atoms with Gasteiger partial charge in [-0.25, -0.2) is 4.39 Å². The van der Waals surface area contributed by atoms with Gasteiger partial charge in [0.2, 0.25) is 5.91 Å². The first-order valence-corrected chi connectivity index (χ1v) is 9.83. The normalized spacial score (nSPS) is 10.4. The summed E-state index contributed by atoms with van der Waals surface area (Å²) in [4.78, 5) is 38.1. The van der Waals surface area contributed by atoms with Gasteiger partial charge in [-0.2, -0.15) is 0 Å². The summed E-state index contributed by atoms with van der Waals surface area (Å²) in [6, 6.07) is 21.0. The summed E-state index contributed by atoms with van der Waals surface area (Å²) in [5.41, 5.74) is 1.75. The first-order valence-electron chi connectivity index (χ1n) is 9.83. The molecule has 0 aliphatic heterocycles. The van der Waals surface area contributed by atoms with Gasteiger partial charge in [-0.05, 0) is 54.1 Å². The van der Waals surface area contributed by atoms with Crippen LogP contribution < -0.4 is 4.74 Å². The van der Waals surface area contributed by atoms with E-state index in [-0.39, 0.29) is 24.7 Å². The quantitative estimate of drug-likeness (QED) is 0.308. The smallest absolute Gasteiger partial charge is 0.312 e. The highest BCUT2D eigenvalue weighted by Crippen LogP contribution is 2.17. The van der Waals surface area contributed by atoms with E-state index in [0.29, 0.717) is 23.4 Å². The summed E-state index contributed by atoms with van der Waals surface area (Å²) >= 11 is 0. The van der Waals surface area contributed by atoms with Crippen molar-refractivity contribution in [2.75, 3.05) is 6.54 Å². The highest BCUT2D eigenvalue weighted by molar-refractivity contribution is 6.09. The van der Waals surface area contributed by atoms with Crippen molar-refractivity contribution >= 4 is 17.7 Å². The third kappa shape index (κ3) is 6.34. The molecule has 0 fully saturated rings. The Bertz CT molecular complexity index is 1050. The molecule has 0 saturated carbocycles. The van der Waals surface area contributed by atoms with Crippen LogP contribution >= 0.6 is 0 Å². The first kappa shape index (κ1) is 21.9. The Labute approximate surface area is 180 Å². The summed E-state index contributed by atoms with van der Waals surface area (Å²) in [7, 11) is 0. The monoisotopic (exact) mass is 419 g/mol. The van der Waals surface area contributed by atoms with Crippen LogP contribution in [-0.2, 0) is 16.1 Å². The number of ketones is 1. The van der Waals surface area contributed by atoms with Crippen LogP contribution in [0.15, 0.2) is 78.9 Å². The molecule has 0 radical (unpaired) electrons. The predicted octanol–water partition coefficient (Wildman–Crippen LogP) is 4.40. The van der Waals surface area contributed by atoms with Crippen LogP contribution in [0.1, 0.15) is 34.8 Å². The molecule has 0 unspecified atom stereocenters. The number of amides is 1. The maximum atomic E-state index is 13.0. The number of halogens is 1. The van der Waals surface area contributed by atoms with Crippen LogP contribution in [-0.4, -0.2) is 29.1 Å². The van der Waals surface area contributed by atoms with Gasteiger partial charge in [0.05, 0.1) is 6.42 Å². The Morgan fingerprint density at radius 1 is 0.839 bits per heavy atom. The molecule has 5 nitrogen and oxygen atoms in total. The van der Waals surface area contributed by atoms with Gasteiger partial charge >= 0.3 is 5.97 Å². The van der Waals surface area contributed by atoms with Crippen molar-refractivity contribution in [2.45, 2.75) is 19.9 Å². The third-order valence-corrected chi connectivity index (χ3v) is 4.70. The number of hydrogen-bond donors (Lipinski definition) is 0. The average Bonchev–Trinajstić information content (AvgIpc) is 2.77. The van der Waals surface area contributed by atoms with Crippen LogP contribution in [0.4, 0.5) is 4.39 Å². The lowest BCUT2D eigenvalue weighted by atomic mass is 10.0. The number of hydrogen-bond acceptors (Lipinski definition) is 4. The van der Waals surface area contributed by atoms with Crippen molar-refractivity contribution in [1.29, 1.82) is 0 Å². The lowest BCUT2D eigenvalue weighted by Gasteiger charge is -2.20. The molecule has 6 heteroatoms. The number of esters is 1. The summed E-state index contributed by atoms with van der Waals surface area (Å²) in [5, 5.41) is 0. The maximum Gasteiger partial charge on any atom is 0.312 e. The van der Waals surface area contributed by atoms with E-state index in [4.69, 9.17) is 4.74 Å². The van der Waals surface area contributed by atoms with Crippen molar-refractivity contribution < 1.29 is 23.5 Å². The number of carbonyl (C=O) groups excluding carboxylic acids is 3. The van der Waals surface area contributed by atoms with Gasteiger partial charge in [-0.1, -0.05) is 30.3 Å². The standard InChI is InChI=1S/C25H22FNO4/c1-18(28)27(17-19-5-3-2-4-6-19)16-15-24(29)31-23-13-9-21(10-14-23)25(30)20-7-11-22(26)12-8-20/h2-14H,15-17H2,1H3. The van der Waals surface area contributed by atoms with E-state index in [0.717, 1.165) is 5.56 Å². The van der Waals surface area contributed by atoms with Crippen LogP contribution in [0.3, 0.4) is 0 Å². The van der Waals surface area contributed by atoms with Gasteiger partial charge in [-0.15, -0.1) is 0 Å². The zero-order chi connectivity index (χ0) is 22.2. The lowest BCUT2D eigenvalue weighted by Crippen LogP contribution is -2.31. The van der Waals surface area contributed by atoms with Crippen molar-refractivity contribution in [3.8, 4) is 5.75 Å². The van der Waals surface area contributed by atoms with Crippen LogP contribution in [0.5, 0.6) is 5.75 Å². The Morgan fingerprint density at radius 2 is 1.42 bits per heavy atom. The fraction of sp³-hybridized carbons (Fsp3) is 0.160. The van der Waals surface area contributed by atoms with Crippen LogP contribution in [0, 0.1) is 5.82 Å². The second kappa shape index (κ2) is 10.3. The molecule has 1 amide bonds. The van der Waals surface area contributed by atoms with E-state index >= 15 is 0 Å². The molecule has 3 aromatic rings. The Hall–Kier alpha value is -3.80. The average molecular weight is 419 g/mol. The number of ether oxygens (including phenoxy) is 1. The second-order valence-electron chi connectivity index (χ2n) is 7.01. The van der Waals surface area contributed by atoms with E-state index < -0.39 is 11.8 Å². The largest absolute Gasteiger partial charge is 0.426 e. The lowest BCUT2D eigenvalue weighted by molar-refractivity contribution is -0.136. The molecule has 0 aliphatic rings. The predicted molar refractivity (Wildman–Crippen MR) is 114 cm³/mol. The fourth-order valence-corrected chi connectivity index (χ4v) is 3.00. The SMILES string of the molecule is CC(=O)N(CCC(=O)Oc1ccc(C(=O)c2ccc(F)cc2)cc1)Cc1ccccc1. The van der Waals surface area contributed by atoms with E-state index in [2.05, 4.69) is 0 Å². The van der Waals surface area contributed by atoms with Gasteiger partial charge < -0.3 is 9.64 Å². The van der Waals surface area contributed by atoms with E-state index in [9.17, 15) is 18.8 Å². The second-order valence-corrected chi connectivity index (χ2v) is 7.01. The molecule has 0 spiro atoms. The molecule has 0 aromatic heterocycles. The van der Waals surface area contributed by atoms with Gasteiger partial charge in [0.1, 0.15) is 11.6 Å². The minimum atomic E-state index is -0.475. The summed E-state index contributed by atoms with van der Waals surface area (Å²) in [6.07, 6.45) is 0.0443. The Morgan fingerprint density at radius 3 is 2.00 bits per heavy atom. The molecule has 31 heavy (non-hydrogen) atoms. The molecular weight excluding hydrogens is 397 g/mol. The van der Waals surface area contributed by atoms with Gasteiger partial charge in [-0.3, -0.25) is 14.4 Å². The summed E-state index contributed by atoms with van der Waals surface area (Å²) in [5.74, 6) is -0.961. The van der Waals surface area contributed by atoms with Gasteiger partial charge in [0.25, 0.3) is 0 Å². The molecule has 0 N–H and O–H groups in total. The first-order chi connectivity index (χ1) is 14.9.